The number of unbranched alkanes of at least 4 members (excludes halogenated alkanes) is 8. The van der Waals surface area contributed by atoms with Gasteiger partial charge in [-0.2, -0.15) is 0 Å². The van der Waals surface area contributed by atoms with E-state index in [-0.39, 0.29) is 0 Å². The summed E-state index contributed by atoms with van der Waals surface area (Å²) in [6.07, 6.45) is 16.0. The minimum absolute atomic E-state index is 0.639. The van der Waals surface area contributed by atoms with Crippen LogP contribution in [0.1, 0.15) is 70.5 Å². The van der Waals surface area contributed by atoms with Crippen molar-refractivity contribution in [3.05, 3.63) is 18.2 Å². The lowest BCUT2D eigenvalue weighted by molar-refractivity contribution is 0.109. The van der Waals surface area contributed by atoms with E-state index in [0.29, 0.717) is 6.61 Å². The van der Waals surface area contributed by atoms with Gasteiger partial charge < -0.3 is 9.30 Å². The van der Waals surface area contributed by atoms with Crippen molar-refractivity contribution in [3.63, 3.8) is 0 Å². The van der Waals surface area contributed by atoms with Crippen LogP contribution in [-0.2, 0) is 18.4 Å². The number of hydrogen-bond donors (Lipinski definition) is 0. The zero-order valence-corrected chi connectivity index (χ0v) is 12.7. The van der Waals surface area contributed by atoms with Crippen molar-refractivity contribution in [2.24, 2.45) is 7.05 Å². The Balaban J connectivity index is 1.80. The van der Waals surface area contributed by atoms with Crippen molar-refractivity contribution in [2.45, 2.75) is 71.3 Å². The molecule has 1 heterocycles. The van der Waals surface area contributed by atoms with Crippen molar-refractivity contribution in [1.29, 1.82) is 0 Å². The molecule has 0 saturated carbocycles. The Morgan fingerprint density at radius 3 is 2.21 bits per heavy atom. The monoisotopic (exact) mass is 266 g/mol. The molecule has 110 valence electrons. The highest BCUT2D eigenvalue weighted by Crippen LogP contribution is 2.09. The lowest BCUT2D eigenvalue weighted by Crippen LogP contribution is -2.02. The standard InChI is InChI=1S/C16H30N2O/c1-3-4-5-6-7-8-9-10-11-14-19-15-16-17-12-13-18(16)2/h12-13H,3-11,14-15H2,1-2H3. The normalized spacial score (nSPS) is 11.1. The molecule has 0 atom stereocenters. The van der Waals surface area contributed by atoms with E-state index in [4.69, 9.17) is 4.74 Å². The Hall–Kier alpha value is -0.830. The van der Waals surface area contributed by atoms with Crippen LogP contribution in [0.3, 0.4) is 0 Å². The summed E-state index contributed by atoms with van der Waals surface area (Å²) in [5, 5.41) is 0. The SMILES string of the molecule is CCCCCCCCCCCOCc1nccn1C. The predicted molar refractivity (Wildman–Crippen MR) is 80.1 cm³/mol. The first-order chi connectivity index (χ1) is 9.34. The van der Waals surface area contributed by atoms with Gasteiger partial charge in [-0.3, -0.25) is 0 Å². The molecule has 3 nitrogen and oxygen atoms in total. The lowest BCUT2D eigenvalue weighted by Gasteiger charge is -2.04. The van der Waals surface area contributed by atoms with E-state index in [2.05, 4.69) is 11.9 Å². The minimum atomic E-state index is 0.639. The smallest absolute Gasteiger partial charge is 0.134 e. The third-order valence-electron chi connectivity index (χ3n) is 3.54. The molecule has 0 aliphatic rings. The van der Waals surface area contributed by atoms with Crippen LogP contribution < -0.4 is 0 Å². The van der Waals surface area contributed by atoms with Crippen molar-refractivity contribution >= 4 is 0 Å². The average molecular weight is 266 g/mol. The summed E-state index contributed by atoms with van der Waals surface area (Å²) in [5.74, 6) is 1.01. The highest BCUT2D eigenvalue weighted by Gasteiger charge is 1.98. The fraction of sp³-hybridized carbons (Fsp3) is 0.812. The van der Waals surface area contributed by atoms with Crippen molar-refractivity contribution in [3.8, 4) is 0 Å². The molecule has 0 radical (unpaired) electrons. The van der Waals surface area contributed by atoms with Gasteiger partial charge in [0.25, 0.3) is 0 Å². The van der Waals surface area contributed by atoms with Crippen LogP contribution in [0.25, 0.3) is 0 Å². The number of aromatic nitrogens is 2. The molecule has 0 bridgehead atoms. The summed E-state index contributed by atoms with van der Waals surface area (Å²) < 4.78 is 7.65. The highest BCUT2D eigenvalue weighted by atomic mass is 16.5. The molecular weight excluding hydrogens is 236 g/mol. The van der Waals surface area contributed by atoms with Crippen molar-refractivity contribution in [1.82, 2.24) is 9.55 Å². The second-order valence-corrected chi connectivity index (χ2v) is 5.34. The van der Waals surface area contributed by atoms with Gasteiger partial charge >= 0.3 is 0 Å². The number of ether oxygens (including phenoxy) is 1. The molecule has 0 fully saturated rings. The molecule has 0 aliphatic carbocycles. The van der Waals surface area contributed by atoms with Crippen LogP contribution in [0, 0.1) is 0 Å². The molecule has 0 amide bonds. The van der Waals surface area contributed by atoms with Crippen LogP contribution in [0.4, 0.5) is 0 Å². The first kappa shape index (κ1) is 16.2. The molecular formula is C16H30N2O. The molecule has 19 heavy (non-hydrogen) atoms. The molecule has 0 spiro atoms. The second kappa shape index (κ2) is 11.0. The Labute approximate surface area is 118 Å². The van der Waals surface area contributed by atoms with E-state index in [1.54, 1.807) is 0 Å². The maximum Gasteiger partial charge on any atom is 0.134 e. The summed E-state index contributed by atoms with van der Waals surface area (Å²) in [4.78, 5) is 4.24. The Kier molecular flexibility index (Phi) is 9.42. The molecule has 1 aromatic heterocycles. The third-order valence-corrected chi connectivity index (χ3v) is 3.54. The summed E-state index contributed by atoms with van der Waals surface area (Å²) in [7, 11) is 2.00. The zero-order chi connectivity index (χ0) is 13.8. The van der Waals surface area contributed by atoms with Crippen LogP contribution in [0.2, 0.25) is 0 Å². The fourth-order valence-electron chi connectivity index (χ4n) is 2.21. The number of rotatable bonds is 12. The van der Waals surface area contributed by atoms with Crippen LogP contribution in [-0.4, -0.2) is 16.2 Å². The maximum absolute atomic E-state index is 5.64. The third kappa shape index (κ3) is 8.04. The highest BCUT2D eigenvalue weighted by molar-refractivity contribution is 4.88. The summed E-state index contributed by atoms with van der Waals surface area (Å²) in [6, 6.07) is 0. The molecule has 0 saturated heterocycles. The minimum Gasteiger partial charge on any atom is -0.374 e. The van der Waals surface area contributed by atoms with Gasteiger partial charge in [0.05, 0.1) is 0 Å². The fourth-order valence-corrected chi connectivity index (χ4v) is 2.21. The van der Waals surface area contributed by atoms with E-state index < -0.39 is 0 Å². The van der Waals surface area contributed by atoms with Gasteiger partial charge in [-0.05, 0) is 6.42 Å². The summed E-state index contributed by atoms with van der Waals surface area (Å²) >= 11 is 0. The molecule has 0 aliphatic heterocycles. The molecule has 0 aromatic carbocycles. The molecule has 0 N–H and O–H groups in total. The number of imidazole rings is 1. The second-order valence-electron chi connectivity index (χ2n) is 5.34. The number of nitrogens with zero attached hydrogens (tertiary/aromatic N) is 2. The molecule has 1 rings (SSSR count). The molecule has 3 heteroatoms. The number of hydrogen-bond acceptors (Lipinski definition) is 2. The van der Waals surface area contributed by atoms with Gasteiger partial charge in [-0.15, -0.1) is 0 Å². The van der Waals surface area contributed by atoms with Crippen molar-refractivity contribution in [2.75, 3.05) is 6.61 Å². The van der Waals surface area contributed by atoms with Crippen molar-refractivity contribution < 1.29 is 4.74 Å². The van der Waals surface area contributed by atoms with Gasteiger partial charge in [0.2, 0.25) is 0 Å². The zero-order valence-electron chi connectivity index (χ0n) is 12.7. The first-order valence-electron chi connectivity index (χ1n) is 7.88. The van der Waals surface area contributed by atoms with E-state index in [1.165, 1.54) is 57.8 Å². The predicted octanol–water partition coefficient (Wildman–Crippen LogP) is 4.47. The molecule has 1 aromatic rings. The number of aryl methyl sites for hydroxylation is 1. The lowest BCUT2D eigenvalue weighted by atomic mass is 10.1. The van der Waals surface area contributed by atoms with E-state index in [1.807, 2.05) is 24.0 Å². The van der Waals surface area contributed by atoms with E-state index in [9.17, 15) is 0 Å². The van der Waals surface area contributed by atoms with Crippen LogP contribution in [0.15, 0.2) is 12.4 Å². The summed E-state index contributed by atoms with van der Waals surface area (Å²) in [6.45, 7) is 3.77. The quantitative estimate of drug-likeness (QED) is 0.522. The largest absolute Gasteiger partial charge is 0.374 e. The summed E-state index contributed by atoms with van der Waals surface area (Å²) in [5.41, 5.74) is 0. The van der Waals surface area contributed by atoms with Gasteiger partial charge in [0.1, 0.15) is 12.4 Å². The average Bonchev–Trinajstić information content (AvgIpc) is 2.82. The van der Waals surface area contributed by atoms with Crippen LogP contribution >= 0.6 is 0 Å². The Bertz CT molecular complexity index is 309. The van der Waals surface area contributed by atoms with Crippen LogP contribution in [0.5, 0.6) is 0 Å². The van der Waals surface area contributed by atoms with Gasteiger partial charge in [-0.25, -0.2) is 4.98 Å². The first-order valence-corrected chi connectivity index (χ1v) is 7.88. The van der Waals surface area contributed by atoms with Gasteiger partial charge in [-0.1, -0.05) is 58.3 Å². The van der Waals surface area contributed by atoms with E-state index >= 15 is 0 Å². The Morgan fingerprint density at radius 1 is 1.00 bits per heavy atom. The topological polar surface area (TPSA) is 27.1 Å². The van der Waals surface area contributed by atoms with Gasteiger partial charge in [0.15, 0.2) is 0 Å². The Morgan fingerprint density at radius 2 is 1.63 bits per heavy atom. The molecule has 0 unspecified atom stereocenters. The van der Waals surface area contributed by atoms with Gasteiger partial charge in [0, 0.05) is 26.0 Å². The van der Waals surface area contributed by atoms with E-state index in [0.717, 1.165) is 12.4 Å². The maximum atomic E-state index is 5.64.